The van der Waals surface area contributed by atoms with Crippen molar-refractivity contribution in [3.63, 3.8) is 0 Å². The van der Waals surface area contributed by atoms with Crippen LogP contribution in [0.5, 0.6) is 0 Å². The number of carbonyl (C=O) groups is 1. The average Bonchev–Trinajstić information content (AvgIpc) is 2.46. The molecule has 0 atom stereocenters. The number of hydrogen-bond acceptors (Lipinski definition) is 2. The second-order valence-corrected chi connectivity index (χ2v) is 6.79. The lowest BCUT2D eigenvalue weighted by Gasteiger charge is -2.18. The van der Waals surface area contributed by atoms with Crippen molar-refractivity contribution in [3.05, 3.63) is 34.9 Å². The van der Waals surface area contributed by atoms with Gasteiger partial charge in [-0.25, -0.2) is 0 Å². The van der Waals surface area contributed by atoms with Crippen molar-refractivity contribution in [2.45, 2.75) is 41.2 Å². The highest BCUT2D eigenvalue weighted by molar-refractivity contribution is 5.81. The molecule has 0 spiro atoms. The SMILES string of the molecule is CN=C(NCCNC(=O)C(C)(C)C)NCc1ccc(C)cc1C. The van der Waals surface area contributed by atoms with Gasteiger partial charge in [0.15, 0.2) is 5.96 Å². The molecule has 23 heavy (non-hydrogen) atoms. The Labute approximate surface area is 140 Å². The average molecular weight is 318 g/mol. The van der Waals surface area contributed by atoms with Gasteiger partial charge >= 0.3 is 0 Å². The molecule has 0 aliphatic carbocycles. The normalized spacial score (nSPS) is 12.0. The van der Waals surface area contributed by atoms with E-state index in [0.29, 0.717) is 13.1 Å². The van der Waals surface area contributed by atoms with Gasteiger partial charge in [-0.1, -0.05) is 44.5 Å². The van der Waals surface area contributed by atoms with Crippen molar-refractivity contribution in [1.82, 2.24) is 16.0 Å². The van der Waals surface area contributed by atoms with E-state index < -0.39 is 0 Å². The van der Waals surface area contributed by atoms with Gasteiger partial charge in [-0.2, -0.15) is 0 Å². The first-order chi connectivity index (χ1) is 10.7. The Balaban J connectivity index is 2.37. The van der Waals surface area contributed by atoms with E-state index in [1.54, 1.807) is 7.05 Å². The van der Waals surface area contributed by atoms with Gasteiger partial charge in [0.1, 0.15) is 0 Å². The Morgan fingerprint density at radius 3 is 2.30 bits per heavy atom. The molecule has 0 saturated heterocycles. The smallest absolute Gasteiger partial charge is 0.225 e. The number of aliphatic imine (C=N–C) groups is 1. The van der Waals surface area contributed by atoms with Gasteiger partial charge in [0.05, 0.1) is 0 Å². The van der Waals surface area contributed by atoms with Crippen molar-refractivity contribution in [3.8, 4) is 0 Å². The van der Waals surface area contributed by atoms with Gasteiger partial charge in [-0.15, -0.1) is 0 Å². The topological polar surface area (TPSA) is 65.5 Å². The predicted molar refractivity (Wildman–Crippen MR) is 96.6 cm³/mol. The lowest BCUT2D eigenvalue weighted by molar-refractivity contribution is -0.128. The van der Waals surface area contributed by atoms with Crippen LogP contribution in [0, 0.1) is 19.3 Å². The standard InChI is InChI=1S/C18H30N4O/c1-13-7-8-15(14(2)11-13)12-22-17(19-6)21-10-9-20-16(23)18(3,4)5/h7-8,11H,9-10,12H2,1-6H3,(H,20,23)(H2,19,21,22). The van der Waals surface area contributed by atoms with E-state index >= 15 is 0 Å². The summed E-state index contributed by atoms with van der Waals surface area (Å²) in [7, 11) is 1.74. The van der Waals surface area contributed by atoms with Crippen molar-refractivity contribution >= 4 is 11.9 Å². The molecule has 0 aliphatic heterocycles. The summed E-state index contributed by atoms with van der Waals surface area (Å²) in [6, 6.07) is 6.42. The molecule has 5 heteroatoms. The molecular weight excluding hydrogens is 288 g/mol. The molecule has 5 nitrogen and oxygen atoms in total. The quantitative estimate of drug-likeness (QED) is 0.443. The van der Waals surface area contributed by atoms with Crippen LogP contribution in [-0.2, 0) is 11.3 Å². The highest BCUT2D eigenvalue weighted by Crippen LogP contribution is 2.12. The summed E-state index contributed by atoms with van der Waals surface area (Å²) in [5, 5.41) is 9.40. The Bertz CT molecular complexity index is 559. The maximum Gasteiger partial charge on any atom is 0.225 e. The number of hydrogen-bond donors (Lipinski definition) is 3. The molecule has 0 fully saturated rings. The third kappa shape index (κ3) is 6.72. The maximum atomic E-state index is 11.8. The van der Waals surface area contributed by atoms with E-state index in [-0.39, 0.29) is 11.3 Å². The number of nitrogens with zero attached hydrogens (tertiary/aromatic N) is 1. The lowest BCUT2D eigenvalue weighted by Crippen LogP contribution is -2.43. The summed E-state index contributed by atoms with van der Waals surface area (Å²) < 4.78 is 0. The van der Waals surface area contributed by atoms with Crippen LogP contribution < -0.4 is 16.0 Å². The highest BCUT2D eigenvalue weighted by atomic mass is 16.2. The molecule has 0 aromatic heterocycles. The van der Waals surface area contributed by atoms with Gasteiger partial charge in [-0.05, 0) is 25.0 Å². The van der Waals surface area contributed by atoms with Crippen molar-refractivity contribution < 1.29 is 4.79 Å². The number of nitrogens with one attached hydrogen (secondary N) is 3. The van der Waals surface area contributed by atoms with Crippen molar-refractivity contribution in [1.29, 1.82) is 0 Å². The molecule has 0 heterocycles. The Morgan fingerprint density at radius 2 is 1.74 bits per heavy atom. The van der Waals surface area contributed by atoms with Crippen LogP contribution in [0.4, 0.5) is 0 Å². The van der Waals surface area contributed by atoms with Gasteiger partial charge in [0.2, 0.25) is 5.91 Å². The first kappa shape index (κ1) is 19.0. The summed E-state index contributed by atoms with van der Waals surface area (Å²) in [6.45, 7) is 11.8. The van der Waals surface area contributed by atoms with Crippen LogP contribution in [0.2, 0.25) is 0 Å². The third-order valence-electron chi connectivity index (χ3n) is 3.55. The van der Waals surface area contributed by atoms with E-state index in [2.05, 4.69) is 53.0 Å². The predicted octanol–water partition coefficient (Wildman–Crippen LogP) is 2.13. The van der Waals surface area contributed by atoms with E-state index in [1.165, 1.54) is 16.7 Å². The summed E-state index contributed by atoms with van der Waals surface area (Å²) in [4.78, 5) is 16.0. The Hall–Kier alpha value is -2.04. The minimum atomic E-state index is -0.358. The molecule has 128 valence electrons. The van der Waals surface area contributed by atoms with Crippen LogP contribution in [0.3, 0.4) is 0 Å². The number of carbonyl (C=O) groups excluding carboxylic acids is 1. The number of benzene rings is 1. The van der Waals surface area contributed by atoms with Gasteiger partial charge in [0, 0.05) is 32.1 Å². The Kier molecular flexibility index (Phi) is 7.07. The van der Waals surface area contributed by atoms with Gasteiger partial charge in [0.25, 0.3) is 0 Å². The minimum Gasteiger partial charge on any atom is -0.355 e. The summed E-state index contributed by atoms with van der Waals surface area (Å²) in [5.41, 5.74) is 3.43. The molecule has 0 saturated carbocycles. The zero-order valence-corrected chi connectivity index (χ0v) is 15.2. The van der Waals surface area contributed by atoms with E-state index in [0.717, 1.165) is 12.5 Å². The van der Waals surface area contributed by atoms with Crippen LogP contribution in [0.25, 0.3) is 0 Å². The molecule has 1 amide bonds. The second-order valence-electron chi connectivity index (χ2n) is 6.79. The fourth-order valence-electron chi connectivity index (χ4n) is 2.07. The first-order valence-electron chi connectivity index (χ1n) is 8.03. The third-order valence-corrected chi connectivity index (χ3v) is 3.55. The lowest BCUT2D eigenvalue weighted by atomic mass is 9.96. The van der Waals surface area contributed by atoms with E-state index in [4.69, 9.17) is 0 Å². The Morgan fingerprint density at radius 1 is 1.09 bits per heavy atom. The summed E-state index contributed by atoms with van der Waals surface area (Å²) >= 11 is 0. The second kappa shape index (κ2) is 8.56. The zero-order valence-electron chi connectivity index (χ0n) is 15.2. The summed E-state index contributed by atoms with van der Waals surface area (Å²) in [6.07, 6.45) is 0. The molecule has 0 unspecified atom stereocenters. The van der Waals surface area contributed by atoms with Crippen molar-refractivity contribution in [2.75, 3.05) is 20.1 Å². The maximum absolute atomic E-state index is 11.8. The number of rotatable bonds is 5. The minimum absolute atomic E-state index is 0.0533. The molecule has 1 aromatic rings. The molecule has 0 aliphatic rings. The molecular formula is C18H30N4O. The van der Waals surface area contributed by atoms with Crippen molar-refractivity contribution in [2.24, 2.45) is 10.4 Å². The monoisotopic (exact) mass is 318 g/mol. The molecule has 3 N–H and O–H groups in total. The molecule has 1 aromatic carbocycles. The van der Waals surface area contributed by atoms with E-state index in [9.17, 15) is 4.79 Å². The molecule has 0 bridgehead atoms. The fraction of sp³-hybridized carbons (Fsp3) is 0.556. The van der Waals surface area contributed by atoms with Crippen LogP contribution >= 0.6 is 0 Å². The van der Waals surface area contributed by atoms with Crippen LogP contribution in [0.1, 0.15) is 37.5 Å². The number of guanidine groups is 1. The fourth-order valence-corrected chi connectivity index (χ4v) is 2.07. The van der Waals surface area contributed by atoms with Crippen LogP contribution in [0.15, 0.2) is 23.2 Å². The number of aryl methyl sites for hydroxylation is 2. The highest BCUT2D eigenvalue weighted by Gasteiger charge is 2.20. The molecule has 1 rings (SSSR count). The number of amides is 1. The summed E-state index contributed by atoms with van der Waals surface area (Å²) in [5.74, 6) is 0.785. The van der Waals surface area contributed by atoms with Gasteiger partial charge in [-0.3, -0.25) is 9.79 Å². The largest absolute Gasteiger partial charge is 0.355 e. The van der Waals surface area contributed by atoms with Crippen LogP contribution in [-0.4, -0.2) is 32.0 Å². The first-order valence-corrected chi connectivity index (χ1v) is 8.03. The zero-order chi connectivity index (χ0) is 17.5. The van der Waals surface area contributed by atoms with E-state index in [1.807, 2.05) is 20.8 Å². The van der Waals surface area contributed by atoms with Gasteiger partial charge < -0.3 is 16.0 Å². The molecule has 0 radical (unpaired) electrons.